The summed E-state index contributed by atoms with van der Waals surface area (Å²) in [6, 6.07) is 8.43. The van der Waals surface area contributed by atoms with Gasteiger partial charge in [0, 0.05) is 10.0 Å². The van der Waals surface area contributed by atoms with E-state index in [1.165, 1.54) is 10.0 Å². The molecular weight excluding hydrogens is 306 g/mol. The molecule has 0 heterocycles. The molecule has 0 bridgehead atoms. The molecule has 80 valence electrons. The first kappa shape index (κ1) is 14.1. The van der Waals surface area contributed by atoms with Crippen molar-refractivity contribution in [2.45, 2.75) is 13.5 Å². The third kappa shape index (κ3) is 4.11. The summed E-state index contributed by atoms with van der Waals surface area (Å²) < 4.78 is 2.25. The molecule has 0 spiro atoms. The summed E-state index contributed by atoms with van der Waals surface area (Å²) in [7, 11) is 4.50. The van der Waals surface area contributed by atoms with Crippen molar-refractivity contribution in [1.82, 2.24) is 0 Å². The first-order valence-corrected chi connectivity index (χ1v) is 5.40. The van der Waals surface area contributed by atoms with E-state index in [1.807, 2.05) is 0 Å². The molecule has 0 aliphatic rings. The Balaban J connectivity index is 0.00000169. The fourth-order valence-corrected chi connectivity index (χ4v) is 1.61. The Labute approximate surface area is 106 Å². The summed E-state index contributed by atoms with van der Waals surface area (Å²) in [6.45, 7) is 4.45. The highest BCUT2D eigenvalue weighted by atomic mass is 79.9. The van der Waals surface area contributed by atoms with Crippen LogP contribution in [0.1, 0.15) is 12.5 Å². The minimum atomic E-state index is 0. The molecule has 1 nitrogen and oxygen atoms in total. The average molecular weight is 323 g/mol. The zero-order valence-corrected chi connectivity index (χ0v) is 12.1. The molecule has 1 rings (SSSR count). The normalized spacial score (nSPS) is 10.9. The maximum atomic E-state index is 3.57. The standard InChI is InChI=1S/C11H17BrN.BrH/c1-4-13(2,3)9-10-7-5-6-8-11(10)12;/h5-8H,4,9H2,1-3H3;1H/q+1;/p-1. The van der Waals surface area contributed by atoms with Crippen LogP contribution < -0.4 is 17.0 Å². The first-order chi connectivity index (χ1) is 6.05. The van der Waals surface area contributed by atoms with Crippen LogP contribution in [0.4, 0.5) is 0 Å². The molecule has 0 aliphatic carbocycles. The SMILES string of the molecule is CC[N+](C)(C)Cc1ccccc1Br.[Br-]. The number of nitrogens with zero attached hydrogens (tertiary/aromatic N) is 1. The van der Waals surface area contributed by atoms with Crippen LogP contribution in [0.2, 0.25) is 0 Å². The lowest BCUT2D eigenvalue weighted by atomic mass is 10.2. The number of hydrogen-bond donors (Lipinski definition) is 0. The van der Waals surface area contributed by atoms with Gasteiger partial charge in [-0.1, -0.05) is 34.1 Å². The molecule has 3 heteroatoms. The second kappa shape index (κ2) is 5.89. The van der Waals surface area contributed by atoms with Crippen molar-refractivity contribution in [3.05, 3.63) is 34.3 Å². The van der Waals surface area contributed by atoms with Crippen LogP contribution >= 0.6 is 15.9 Å². The third-order valence-corrected chi connectivity index (χ3v) is 3.19. The maximum Gasteiger partial charge on any atom is 0.105 e. The second-order valence-electron chi connectivity index (χ2n) is 4.00. The Hall–Kier alpha value is 0.140. The van der Waals surface area contributed by atoms with Gasteiger partial charge in [0.25, 0.3) is 0 Å². The zero-order chi connectivity index (χ0) is 9.90. The average Bonchev–Trinajstić information content (AvgIpc) is 2.09. The lowest BCUT2D eigenvalue weighted by Gasteiger charge is -2.28. The van der Waals surface area contributed by atoms with Crippen LogP contribution in [0.3, 0.4) is 0 Å². The highest BCUT2D eigenvalue weighted by Gasteiger charge is 2.13. The fourth-order valence-electron chi connectivity index (χ4n) is 1.20. The predicted octanol–water partition coefficient (Wildman–Crippen LogP) is 0.0494. The predicted molar refractivity (Wildman–Crippen MR) is 60.5 cm³/mol. The third-order valence-electron chi connectivity index (χ3n) is 2.41. The van der Waals surface area contributed by atoms with E-state index < -0.39 is 0 Å². The quantitative estimate of drug-likeness (QED) is 0.690. The Morgan fingerprint density at radius 1 is 1.21 bits per heavy atom. The topological polar surface area (TPSA) is 0 Å². The van der Waals surface area contributed by atoms with Crippen molar-refractivity contribution in [1.29, 1.82) is 0 Å². The van der Waals surface area contributed by atoms with Gasteiger partial charge in [-0.2, -0.15) is 0 Å². The molecule has 0 fully saturated rings. The molecular formula is C11H17Br2N. The molecule has 0 aromatic heterocycles. The Morgan fingerprint density at radius 2 is 1.79 bits per heavy atom. The monoisotopic (exact) mass is 321 g/mol. The van der Waals surface area contributed by atoms with Gasteiger partial charge in [0.1, 0.15) is 6.54 Å². The number of halogens is 2. The van der Waals surface area contributed by atoms with E-state index in [-0.39, 0.29) is 17.0 Å². The summed E-state index contributed by atoms with van der Waals surface area (Å²) in [4.78, 5) is 0. The second-order valence-corrected chi connectivity index (χ2v) is 4.86. The van der Waals surface area contributed by atoms with Crippen LogP contribution in [0.25, 0.3) is 0 Å². The van der Waals surface area contributed by atoms with Crippen molar-refractivity contribution in [3.63, 3.8) is 0 Å². The summed E-state index contributed by atoms with van der Waals surface area (Å²) in [6.07, 6.45) is 0. The Kier molecular flexibility index (Phi) is 5.94. The molecule has 14 heavy (non-hydrogen) atoms. The number of benzene rings is 1. The van der Waals surface area contributed by atoms with Crippen LogP contribution in [-0.4, -0.2) is 25.1 Å². The van der Waals surface area contributed by atoms with E-state index in [0.717, 1.165) is 17.6 Å². The van der Waals surface area contributed by atoms with Crippen molar-refractivity contribution in [3.8, 4) is 0 Å². The van der Waals surface area contributed by atoms with Gasteiger partial charge in [-0.3, -0.25) is 0 Å². The lowest BCUT2D eigenvalue weighted by Crippen LogP contribution is -3.00. The van der Waals surface area contributed by atoms with Crippen molar-refractivity contribution in [2.24, 2.45) is 0 Å². The van der Waals surface area contributed by atoms with Gasteiger partial charge in [0.15, 0.2) is 0 Å². The van der Waals surface area contributed by atoms with E-state index in [2.05, 4.69) is 61.2 Å². The minimum Gasteiger partial charge on any atom is -1.00 e. The molecule has 0 saturated heterocycles. The summed E-state index contributed by atoms with van der Waals surface area (Å²) in [5.74, 6) is 0. The fraction of sp³-hybridized carbons (Fsp3) is 0.455. The number of hydrogen-bond acceptors (Lipinski definition) is 0. The van der Waals surface area contributed by atoms with Crippen LogP contribution in [0, 0.1) is 0 Å². The lowest BCUT2D eigenvalue weighted by molar-refractivity contribution is -0.901. The first-order valence-electron chi connectivity index (χ1n) is 4.60. The Morgan fingerprint density at radius 3 is 2.29 bits per heavy atom. The molecule has 0 N–H and O–H groups in total. The molecule has 1 aromatic rings. The molecule has 0 amide bonds. The van der Waals surface area contributed by atoms with E-state index in [4.69, 9.17) is 0 Å². The summed E-state index contributed by atoms with van der Waals surface area (Å²) >= 11 is 3.57. The number of rotatable bonds is 3. The van der Waals surface area contributed by atoms with Crippen molar-refractivity contribution < 1.29 is 21.5 Å². The molecule has 0 saturated carbocycles. The smallest absolute Gasteiger partial charge is 0.105 e. The zero-order valence-electron chi connectivity index (χ0n) is 8.93. The van der Waals surface area contributed by atoms with Crippen LogP contribution in [-0.2, 0) is 6.54 Å². The highest BCUT2D eigenvalue weighted by Crippen LogP contribution is 2.19. The molecule has 0 atom stereocenters. The number of quaternary nitrogens is 1. The van der Waals surface area contributed by atoms with Gasteiger partial charge in [-0.15, -0.1) is 0 Å². The van der Waals surface area contributed by atoms with Gasteiger partial charge in [0.2, 0.25) is 0 Å². The van der Waals surface area contributed by atoms with Gasteiger partial charge in [0.05, 0.1) is 20.6 Å². The molecule has 0 aliphatic heterocycles. The van der Waals surface area contributed by atoms with Crippen LogP contribution in [0.5, 0.6) is 0 Å². The van der Waals surface area contributed by atoms with Gasteiger partial charge < -0.3 is 21.5 Å². The molecule has 0 radical (unpaired) electrons. The van der Waals surface area contributed by atoms with E-state index in [1.54, 1.807) is 0 Å². The summed E-state index contributed by atoms with van der Waals surface area (Å²) in [5, 5.41) is 0. The van der Waals surface area contributed by atoms with Crippen LogP contribution in [0.15, 0.2) is 28.7 Å². The van der Waals surface area contributed by atoms with E-state index in [0.29, 0.717) is 0 Å². The van der Waals surface area contributed by atoms with E-state index in [9.17, 15) is 0 Å². The van der Waals surface area contributed by atoms with Crippen molar-refractivity contribution in [2.75, 3.05) is 20.6 Å². The van der Waals surface area contributed by atoms with Gasteiger partial charge >= 0.3 is 0 Å². The molecule has 1 aromatic carbocycles. The van der Waals surface area contributed by atoms with Gasteiger partial charge in [-0.05, 0) is 13.0 Å². The highest BCUT2D eigenvalue weighted by molar-refractivity contribution is 9.10. The molecule has 0 unspecified atom stereocenters. The van der Waals surface area contributed by atoms with Gasteiger partial charge in [-0.25, -0.2) is 0 Å². The minimum absolute atomic E-state index is 0. The summed E-state index contributed by atoms with van der Waals surface area (Å²) in [5.41, 5.74) is 1.38. The largest absolute Gasteiger partial charge is 1.00 e. The van der Waals surface area contributed by atoms with Crippen molar-refractivity contribution >= 4 is 15.9 Å². The Bertz CT molecular complexity index is 284. The van der Waals surface area contributed by atoms with E-state index >= 15 is 0 Å². The maximum absolute atomic E-state index is 3.57.